The zero-order valence-electron chi connectivity index (χ0n) is 17.3. The van der Waals surface area contributed by atoms with Crippen LogP contribution in [0.1, 0.15) is 17.8 Å². The van der Waals surface area contributed by atoms with Crippen LogP contribution in [-0.2, 0) is 22.6 Å². The number of likely N-dealkylation sites (tertiary alicyclic amines) is 1. The topological polar surface area (TPSA) is 97.6 Å². The summed E-state index contributed by atoms with van der Waals surface area (Å²) in [6.07, 6.45) is 1.00. The molecule has 1 atom stereocenters. The molecule has 1 aliphatic heterocycles. The van der Waals surface area contributed by atoms with E-state index < -0.39 is 0 Å². The molecule has 4 rings (SSSR count). The van der Waals surface area contributed by atoms with Crippen molar-refractivity contribution in [1.29, 1.82) is 0 Å². The van der Waals surface area contributed by atoms with Gasteiger partial charge >= 0.3 is 0 Å². The van der Waals surface area contributed by atoms with E-state index in [0.29, 0.717) is 24.8 Å². The third-order valence-electron chi connectivity index (χ3n) is 5.32. The standard InChI is InChI=1S/C23H24N4O4/c1-30-19-9-7-17(8-10-19)23-25-20(26-31-23)14-24-22(29)18-13-21(28)27(15-18)12-11-16-5-3-2-4-6-16/h2-10,18H,11-15H2,1H3,(H,24,29). The first-order chi connectivity index (χ1) is 15.1. The van der Waals surface area contributed by atoms with Crippen LogP contribution in [-0.4, -0.2) is 47.1 Å². The van der Waals surface area contributed by atoms with Crippen molar-refractivity contribution in [1.82, 2.24) is 20.4 Å². The molecule has 1 unspecified atom stereocenters. The second-order valence-corrected chi connectivity index (χ2v) is 7.44. The van der Waals surface area contributed by atoms with Crippen LogP contribution in [0.2, 0.25) is 0 Å². The lowest BCUT2D eigenvalue weighted by molar-refractivity contribution is -0.129. The minimum atomic E-state index is -0.365. The molecular formula is C23H24N4O4. The third-order valence-corrected chi connectivity index (χ3v) is 5.32. The van der Waals surface area contributed by atoms with Gasteiger partial charge in [-0.25, -0.2) is 0 Å². The van der Waals surface area contributed by atoms with Gasteiger partial charge in [-0.3, -0.25) is 9.59 Å². The van der Waals surface area contributed by atoms with Crippen molar-refractivity contribution in [3.8, 4) is 17.2 Å². The van der Waals surface area contributed by atoms with Gasteiger partial charge in [-0.2, -0.15) is 4.98 Å². The molecule has 1 N–H and O–H groups in total. The Bertz CT molecular complexity index is 1030. The van der Waals surface area contributed by atoms with Crippen LogP contribution in [0, 0.1) is 5.92 Å². The second-order valence-electron chi connectivity index (χ2n) is 7.44. The molecule has 31 heavy (non-hydrogen) atoms. The molecule has 0 spiro atoms. The number of nitrogens with one attached hydrogen (secondary N) is 1. The summed E-state index contributed by atoms with van der Waals surface area (Å²) in [5.74, 6) is 0.958. The quantitative estimate of drug-likeness (QED) is 0.601. The Morgan fingerprint density at radius 1 is 1.19 bits per heavy atom. The summed E-state index contributed by atoms with van der Waals surface area (Å²) in [6.45, 7) is 1.19. The first-order valence-corrected chi connectivity index (χ1v) is 10.2. The Labute approximate surface area is 180 Å². The molecule has 0 aliphatic carbocycles. The highest BCUT2D eigenvalue weighted by molar-refractivity contribution is 5.89. The van der Waals surface area contributed by atoms with Crippen LogP contribution in [0.5, 0.6) is 5.75 Å². The van der Waals surface area contributed by atoms with Gasteiger partial charge in [0.05, 0.1) is 19.6 Å². The first kappa shape index (κ1) is 20.6. The Hall–Kier alpha value is -3.68. The predicted molar refractivity (Wildman–Crippen MR) is 113 cm³/mol. The molecule has 3 aromatic rings. The number of amides is 2. The average Bonchev–Trinajstić information content (AvgIpc) is 3.43. The fourth-order valence-electron chi connectivity index (χ4n) is 3.56. The van der Waals surface area contributed by atoms with Crippen LogP contribution in [0.15, 0.2) is 59.1 Å². The number of carbonyl (C=O) groups excluding carboxylic acids is 2. The SMILES string of the molecule is COc1ccc(-c2nc(CNC(=O)C3CC(=O)N(CCc4ccccc4)C3)no2)cc1. The Kier molecular flexibility index (Phi) is 6.26. The van der Waals surface area contributed by atoms with E-state index >= 15 is 0 Å². The van der Waals surface area contributed by atoms with Gasteiger partial charge in [0.25, 0.3) is 5.89 Å². The zero-order valence-corrected chi connectivity index (χ0v) is 17.3. The van der Waals surface area contributed by atoms with E-state index in [1.54, 1.807) is 12.0 Å². The molecule has 2 amide bonds. The number of rotatable bonds is 8. The van der Waals surface area contributed by atoms with Crippen LogP contribution < -0.4 is 10.1 Å². The molecule has 1 saturated heterocycles. The number of carbonyl (C=O) groups is 2. The lowest BCUT2D eigenvalue weighted by atomic mass is 10.1. The molecule has 1 aromatic heterocycles. The molecule has 160 valence electrons. The van der Waals surface area contributed by atoms with Crippen LogP contribution in [0.3, 0.4) is 0 Å². The largest absolute Gasteiger partial charge is 0.497 e. The van der Waals surface area contributed by atoms with Crippen molar-refractivity contribution in [3.05, 3.63) is 66.0 Å². The molecule has 0 bridgehead atoms. The second kappa shape index (κ2) is 9.42. The molecule has 2 heterocycles. The summed E-state index contributed by atoms with van der Waals surface area (Å²) >= 11 is 0. The predicted octanol–water partition coefficient (Wildman–Crippen LogP) is 2.45. The van der Waals surface area contributed by atoms with Crippen LogP contribution >= 0.6 is 0 Å². The summed E-state index contributed by atoms with van der Waals surface area (Å²) < 4.78 is 10.4. The van der Waals surface area contributed by atoms with E-state index in [2.05, 4.69) is 15.5 Å². The number of ether oxygens (including phenoxy) is 1. The highest BCUT2D eigenvalue weighted by Crippen LogP contribution is 2.21. The van der Waals surface area contributed by atoms with Crippen molar-refractivity contribution in [2.45, 2.75) is 19.4 Å². The van der Waals surface area contributed by atoms with E-state index in [4.69, 9.17) is 9.26 Å². The van der Waals surface area contributed by atoms with Crippen molar-refractivity contribution < 1.29 is 18.8 Å². The summed E-state index contributed by atoms with van der Waals surface area (Å²) in [5, 5.41) is 6.73. The highest BCUT2D eigenvalue weighted by atomic mass is 16.5. The number of nitrogens with zero attached hydrogens (tertiary/aromatic N) is 3. The van der Waals surface area contributed by atoms with Crippen molar-refractivity contribution in [2.75, 3.05) is 20.2 Å². The molecule has 0 radical (unpaired) electrons. The lowest BCUT2D eigenvalue weighted by Gasteiger charge is -2.16. The molecule has 1 fully saturated rings. The Balaban J connectivity index is 1.27. The molecule has 0 saturated carbocycles. The third kappa shape index (κ3) is 5.09. The molecule has 1 aliphatic rings. The molecule has 8 heteroatoms. The number of aromatic nitrogens is 2. The zero-order chi connectivity index (χ0) is 21.6. The van der Waals surface area contributed by atoms with Gasteiger partial charge < -0.3 is 19.5 Å². The lowest BCUT2D eigenvalue weighted by Crippen LogP contribution is -2.33. The minimum Gasteiger partial charge on any atom is -0.497 e. The summed E-state index contributed by atoms with van der Waals surface area (Å²) in [7, 11) is 1.60. The maximum Gasteiger partial charge on any atom is 0.257 e. The van der Waals surface area contributed by atoms with Crippen LogP contribution in [0.25, 0.3) is 11.5 Å². The van der Waals surface area contributed by atoms with Crippen molar-refractivity contribution in [3.63, 3.8) is 0 Å². The fourth-order valence-corrected chi connectivity index (χ4v) is 3.56. The van der Waals surface area contributed by atoms with Gasteiger partial charge in [0.1, 0.15) is 5.75 Å². The Morgan fingerprint density at radius 2 is 1.97 bits per heavy atom. The molecule has 2 aromatic carbocycles. The number of hydrogen-bond acceptors (Lipinski definition) is 6. The summed E-state index contributed by atoms with van der Waals surface area (Å²) in [4.78, 5) is 30.9. The van der Waals surface area contributed by atoms with Crippen molar-refractivity contribution in [2.24, 2.45) is 5.92 Å². The van der Waals surface area contributed by atoms with Gasteiger partial charge in [0.15, 0.2) is 5.82 Å². The maximum atomic E-state index is 12.5. The summed E-state index contributed by atoms with van der Waals surface area (Å²) in [6, 6.07) is 17.3. The van der Waals surface area contributed by atoms with E-state index in [1.165, 1.54) is 5.56 Å². The van der Waals surface area contributed by atoms with E-state index in [-0.39, 0.29) is 30.7 Å². The number of benzene rings is 2. The fraction of sp³-hybridized carbons (Fsp3) is 0.304. The van der Waals surface area contributed by atoms with E-state index in [0.717, 1.165) is 17.7 Å². The van der Waals surface area contributed by atoms with Gasteiger partial charge in [0.2, 0.25) is 11.8 Å². The molecular weight excluding hydrogens is 396 g/mol. The minimum absolute atomic E-state index is 0.0115. The highest BCUT2D eigenvalue weighted by Gasteiger charge is 2.34. The number of hydrogen-bond donors (Lipinski definition) is 1. The van der Waals surface area contributed by atoms with E-state index in [1.807, 2.05) is 54.6 Å². The first-order valence-electron chi connectivity index (χ1n) is 10.2. The molecule has 8 nitrogen and oxygen atoms in total. The monoisotopic (exact) mass is 420 g/mol. The maximum absolute atomic E-state index is 12.5. The van der Waals surface area contributed by atoms with Crippen molar-refractivity contribution >= 4 is 11.8 Å². The summed E-state index contributed by atoms with van der Waals surface area (Å²) in [5.41, 5.74) is 1.94. The van der Waals surface area contributed by atoms with E-state index in [9.17, 15) is 9.59 Å². The van der Waals surface area contributed by atoms with Gasteiger partial charge in [-0.15, -0.1) is 0 Å². The van der Waals surface area contributed by atoms with Gasteiger partial charge in [0, 0.05) is 25.1 Å². The van der Waals surface area contributed by atoms with Gasteiger partial charge in [-0.1, -0.05) is 35.5 Å². The smallest absolute Gasteiger partial charge is 0.257 e. The van der Waals surface area contributed by atoms with Crippen LogP contribution in [0.4, 0.5) is 0 Å². The average molecular weight is 420 g/mol. The van der Waals surface area contributed by atoms with Gasteiger partial charge in [-0.05, 0) is 36.2 Å². The normalized spacial score (nSPS) is 15.8. The Morgan fingerprint density at radius 3 is 2.71 bits per heavy atom. The number of methoxy groups -OCH3 is 1.